The number of benzene rings is 1. The highest BCUT2D eigenvalue weighted by molar-refractivity contribution is 5.34. The van der Waals surface area contributed by atoms with E-state index in [0.717, 1.165) is 11.1 Å². The Morgan fingerprint density at radius 3 is 2.56 bits per heavy atom. The summed E-state index contributed by atoms with van der Waals surface area (Å²) in [5.74, 6) is 0. The number of aliphatic hydroxyl groups is 1. The average molecular weight is 241 g/mol. The molecule has 92 valence electrons. The Balaban J connectivity index is 2.21. The van der Waals surface area contributed by atoms with Crippen LogP contribution in [0.15, 0.2) is 36.7 Å². The van der Waals surface area contributed by atoms with Crippen molar-refractivity contribution < 1.29 is 5.11 Å². The van der Waals surface area contributed by atoms with E-state index in [0.29, 0.717) is 12.0 Å². The standard InChI is InChI=1S/C14H15N3O/c1-14(18,7-12-9-16-17(2)10-12)13-5-3-11(8-15)4-6-13/h3-6,9-10,18H,7H2,1-2H3. The van der Waals surface area contributed by atoms with Crippen LogP contribution in [0.25, 0.3) is 0 Å². The molecule has 1 aromatic heterocycles. The predicted octanol–water partition coefficient (Wildman–Crippen LogP) is 1.74. The average Bonchev–Trinajstić information content (AvgIpc) is 2.74. The van der Waals surface area contributed by atoms with Crippen molar-refractivity contribution in [1.29, 1.82) is 5.26 Å². The van der Waals surface area contributed by atoms with Gasteiger partial charge in [0.15, 0.2) is 0 Å². The van der Waals surface area contributed by atoms with Crippen LogP contribution in [0.5, 0.6) is 0 Å². The number of hydrogen-bond acceptors (Lipinski definition) is 3. The van der Waals surface area contributed by atoms with Crippen LogP contribution in [0, 0.1) is 11.3 Å². The zero-order chi connectivity index (χ0) is 13.2. The van der Waals surface area contributed by atoms with Crippen LogP contribution in [-0.4, -0.2) is 14.9 Å². The number of rotatable bonds is 3. The van der Waals surface area contributed by atoms with Gasteiger partial charge in [-0.1, -0.05) is 12.1 Å². The minimum atomic E-state index is -0.961. The van der Waals surface area contributed by atoms with E-state index in [4.69, 9.17) is 5.26 Å². The van der Waals surface area contributed by atoms with Gasteiger partial charge in [0.2, 0.25) is 0 Å². The fourth-order valence-corrected chi connectivity index (χ4v) is 1.97. The van der Waals surface area contributed by atoms with Crippen molar-refractivity contribution in [3.63, 3.8) is 0 Å². The molecule has 4 heteroatoms. The van der Waals surface area contributed by atoms with Crippen molar-refractivity contribution in [3.05, 3.63) is 53.3 Å². The smallest absolute Gasteiger partial charge is 0.0991 e. The van der Waals surface area contributed by atoms with Gasteiger partial charge in [-0.15, -0.1) is 0 Å². The van der Waals surface area contributed by atoms with E-state index in [-0.39, 0.29) is 0 Å². The van der Waals surface area contributed by atoms with E-state index in [1.807, 2.05) is 13.2 Å². The largest absolute Gasteiger partial charge is 0.385 e. The summed E-state index contributed by atoms with van der Waals surface area (Å²) in [4.78, 5) is 0. The molecule has 0 saturated carbocycles. The minimum absolute atomic E-state index is 0.493. The molecule has 0 radical (unpaired) electrons. The highest BCUT2D eigenvalue weighted by Gasteiger charge is 2.24. The molecule has 0 aliphatic rings. The Morgan fingerprint density at radius 1 is 1.39 bits per heavy atom. The van der Waals surface area contributed by atoms with E-state index in [2.05, 4.69) is 11.2 Å². The summed E-state index contributed by atoms with van der Waals surface area (Å²) in [6.07, 6.45) is 4.13. The second-order valence-corrected chi connectivity index (χ2v) is 4.66. The Labute approximate surface area is 106 Å². The molecule has 1 aromatic carbocycles. The minimum Gasteiger partial charge on any atom is -0.385 e. The van der Waals surface area contributed by atoms with E-state index in [9.17, 15) is 5.11 Å². The normalized spacial score (nSPS) is 13.9. The lowest BCUT2D eigenvalue weighted by Gasteiger charge is -2.23. The number of nitrogens with zero attached hydrogens (tertiary/aromatic N) is 3. The van der Waals surface area contributed by atoms with Crippen LogP contribution in [-0.2, 0) is 19.1 Å². The summed E-state index contributed by atoms with van der Waals surface area (Å²) in [5, 5.41) is 23.3. The Hall–Kier alpha value is -2.12. The van der Waals surface area contributed by atoms with Crippen molar-refractivity contribution in [2.45, 2.75) is 18.9 Å². The molecule has 18 heavy (non-hydrogen) atoms. The van der Waals surface area contributed by atoms with Gasteiger partial charge in [-0.3, -0.25) is 4.68 Å². The number of aromatic nitrogens is 2. The molecular weight excluding hydrogens is 226 g/mol. The quantitative estimate of drug-likeness (QED) is 0.890. The maximum Gasteiger partial charge on any atom is 0.0991 e. The Morgan fingerprint density at radius 2 is 2.06 bits per heavy atom. The Bertz CT molecular complexity index is 576. The molecule has 1 N–H and O–H groups in total. The molecule has 0 spiro atoms. The maximum atomic E-state index is 10.5. The lowest BCUT2D eigenvalue weighted by molar-refractivity contribution is 0.0576. The van der Waals surface area contributed by atoms with Crippen LogP contribution < -0.4 is 0 Å². The molecule has 4 nitrogen and oxygen atoms in total. The van der Waals surface area contributed by atoms with Crippen molar-refractivity contribution in [2.24, 2.45) is 7.05 Å². The van der Waals surface area contributed by atoms with E-state index >= 15 is 0 Å². The van der Waals surface area contributed by atoms with Gasteiger partial charge < -0.3 is 5.11 Å². The molecule has 1 heterocycles. The molecule has 0 fully saturated rings. The summed E-state index contributed by atoms with van der Waals surface area (Å²) in [6.45, 7) is 1.77. The van der Waals surface area contributed by atoms with E-state index in [1.165, 1.54) is 0 Å². The first kappa shape index (κ1) is 12.3. The SMILES string of the molecule is Cn1cc(CC(C)(O)c2ccc(C#N)cc2)cn1. The van der Waals surface area contributed by atoms with Crippen molar-refractivity contribution in [1.82, 2.24) is 9.78 Å². The van der Waals surface area contributed by atoms with Gasteiger partial charge in [0.25, 0.3) is 0 Å². The van der Waals surface area contributed by atoms with E-state index in [1.54, 1.807) is 42.1 Å². The number of nitriles is 1. The van der Waals surface area contributed by atoms with E-state index < -0.39 is 5.60 Å². The molecule has 1 atom stereocenters. The van der Waals surface area contributed by atoms with Crippen LogP contribution in [0.2, 0.25) is 0 Å². The van der Waals surface area contributed by atoms with Crippen molar-refractivity contribution in [3.8, 4) is 6.07 Å². The van der Waals surface area contributed by atoms with Crippen LogP contribution >= 0.6 is 0 Å². The van der Waals surface area contributed by atoms with Crippen molar-refractivity contribution in [2.75, 3.05) is 0 Å². The number of hydrogen-bond donors (Lipinski definition) is 1. The zero-order valence-corrected chi connectivity index (χ0v) is 10.5. The molecule has 0 saturated heterocycles. The van der Waals surface area contributed by atoms with Gasteiger partial charge in [-0.05, 0) is 30.2 Å². The molecule has 2 rings (SSSR count). The summed E-state index contributed by atoms with van der Waals surface area (Å²) in [7, 11) is 1.85. The molecule has 1 unspecified atom stereocenters. The first-order valence-electron chi connectivity index (χ1n) is 5.72. The third-order valence-electron chi connectivity index (χ3n) is 2.94. The predicted molar refractivity (Wildman–Crippen MR) is 67.6 cm³/mol. The van der Waals surface area contributed by atoms with Gasteiger partial charge in [0, 0.05) is 19.7 Å². The van der Waals surface area contributed by atoms with Crippen LogP contribution in [0.1, 0.15) is 23.6 Å². The summed E-state index contributed by atoms with van der Waals surface area (Å²) >= 11 is 0. The van der Waals surface area contributed by atoms with Crippen LogP contribution in [0.3, 0.4) is 0 Å². The summed E-state index contributed by atoms with van der Waals surface area (Å²) < 4.78 is 1.71. The van der Waals surface area contributed by atoms with Gasteiger partial charge in [-0.25, -0.2) is 0 Å². The van der Waals surface area contributed by atoms with Gasteiger partial charge in [-0.2, -0.15) is 10.4 Å². The van der Waals surface area contributed by atoms with Gasteiger partial charge >= 0.3 is 0 Å². The molecule has 2 aromatic rings. The Kier molecular flexibility index (Phi) is 3.17. The second-order valence-electron chi connectivity index (χ2n) is 4.66. The second kappa shape index (κ2) is 4.63. The monoisotopic (exact) mass is 241 g/mol. The number of aryl methyl sites for hydroxylation is 1. The lowest BCUT2D eigenvalue weighted by atomic mass is 9.90. The molecular formula is C14H15N3O. The lowest BCUT2D eigenvalue weighted by Crippen LogP contribution is -2.24. The molecule has 0 aliphatic carbocycles. The maximum absolute atomic E-state index is 10.5. The fraction of sp³-hybridized carbons (Fsp3) is 0.286. The zero-order valence-electron chi connectivity index (χ0n) is 10.5. The molecule has 0 aliphatic heterocycles. The summed E-state index contributed by atoms with van der Waals surface area (Å²) in [5.41, 5.74) is 1.41. The summed E-state index contributed by atoms with van der Waals surface area (Å²) in [6, 6.07) is 9.07. The first-order chi connectivity index (χ1) is 8.51. The van der Waals surface area contributed by atoms with Gasteiger partial charge in [0.1, 0.15) is 0 Å². The van der Waals surface area contributed by atoms with Crippen molar-refractivity contribution >= 4 is 0 Å². The fourth-order valence-electron chi connectivity index (χ4n) is 1.97. The van der Waals surface area contributed by atoms with Crippen LogP contribution in [0.4, 0.5) is 0 Å². The molecule has 0 bridgehead atoms. The topological polar surface area (TPSA) is 61.8 Å². The molecule has 0 amide bonds. The third-order valence-corrected chi connectivity index (χ3v) is 2.94. The third kappa shape index (κ3) is 2.58. The first-order valence-corrected chi connectivity index (χ1v) is 5.72. The highest BCUT2D eigenvalue weighted by atomic mass is 16.3. The van der Waals surface area contributed by atoms with Gasteiger partial charge in [0.05, 0.1) is 23.4 Å². The highest BCUT2D eigenvalue weighted by Crippen LogP contribution is 2.25.